The number of carbonyl (C=O) groups excluding carboxylic acids is 2. The maximum atomic E-state index is 12.9. The fraction of sp³-hybridized carbons (Fsp3) is 0.259. The van der Waals surface area contributed by atoms with Gasteiger partial charge in [0.15, 0.2) is 5.78 Å². The molecule has 0 aromatic heterocycles. The van der Waals surface area contributed by atoms with E-state index < -0.39 is 5.97 Å². The summed E-state index contributed by atoms with van der Waals surface area (Å²) in [7, 11) is 0. The van der Waals surface area contributed by atoms with Crippen molar-refractivity contribution in [3.05, 3.63) is 106 Å². The minimum absolute atomic E-state index is 0.0570. The molecule has 0 bridgehead atoms. The van der Waals surface area contributed by atoms with Crippen LogP contribution in [-0.4, -0.2) is 11.8 Å². The van der Waals surface area contributed by atoms with Gasteiger partial charge in [0, 0.05) is 11.1 Å². The van der Waals surface area contributed by atoms with Crippen molar-refractivity contribution in [1.82, 2.24) is 0 Å². The van der Waals surface area contributed by atoms with Gasteiger partial charge in [-0.25, -0.2) is 4.79 Å². The lowest BCUT2D eigenvalue weighted by Gasteiger charge is -2.22. The maximum Gasteiger partial charge on any atom is 0.339 e. The zero-order valence-corrected chi connectivity index (χ0v) is 18.3. The van der Waals surface area contributed by atoms with E-state index >= 15 is 0 Å². The van der Waals surface area contributed by atoms with Crippen LogP contribution in [0.2, 0.25) is 0 Å². The number of ketones is 1. The number of esters is 1. The fourth-order valence-corrected chi connectivity index (χ4v) is 3.47. The molecule has 0 amide bonds. The Bertz CT molecular complexity index is 1050. The Morgan fingerprint density at radius 2 is 1.33 bits per heavy atom. The molecule has 0 heterocycles. The van der Waals surface area contributed by atoms with Gasteiger partial charge in [-0.2, -0.15) is 0 Å². The van der Waals surface area contributed by atoms with Crippen molar-refractivity contribution in [3.8, 4) is 0 Å². The summed E-state index contributed by atoms with van der Waals surface area (Å²) in [4.78, 5) is 25.7. The second kappa shape index (κ2) is 8.66. The first kappa shape index (κ1) is 21.5. The smallest absolute Gasteiger partial charge is 0.339 e. The van der Waals surface area contributed by atoms with Crippen LogP contribution in [-0.2, 0) is 16.8 Å². The molecule has 0 aliphatic carbocycles. The Morgan fingerprint density at radius 1 is 0.800 bits per heavy atom. The second-order valence-electron chi connectivity index (χ2n) is 8.66. The molecular weight excluding hydrogens is 372 g/mol. The van der Waals surface area contributed by atoms with E-state index in [-0.39, 0.29) is 23.4 Å². The molecule has 0 fully saturated rings. The summed E-state index contributed by atoms with van der Waals surface area (Å²) in [5.74, 6) is -0.682. The van der Waals surface area contributed by atoms with Gasteiger partial charge in [-0.3, -0.25) is 4.79 Å². The topological polar surface area (TPSA) is 43.4 Å². The molecule has 0 atom stereocenters. The van der Waals surface area contributed by atoms with E-state index in [0.717, 1.165) is 16.7 Å². The Labute approximate surface area is 178 Å². The van der Waals surface area contributed by atoms with E-state index in [4.69, 9.17) is 4.74 Å². The highest BCUT2D eigenvalue weighted by atomic mass is 16.5. The molecule has 0 saturated carbocycles. The van der Waals surface area contributed by atoms with Gasteiger partial charge < -0.3 is 4.74 Å². The van der Waals surface area contributed by atoms with Crippen molar-refractivity contribution in [1.29, 1.82) is 0 Å². The van der Waals surface area contributed by atoms with Gasteiger partial charge in [-0.15, -0.1) is 0 Å². The third-order valence-corrected chi connectivity index (χ3v) is 5.34. The summed E-state index contributed by atoms with van der Waals surface area (Å²) in [6.45, 7) is 10.8. The molecule has 0 saturated heterocycles. The summed E-state index contributed by atoms with van der Waals surface area (Å²) < 4.78 is 5.64. The zero-order chi connectivity index (χ0) is 21.9. The lowest BCUT2D eigenvalue weighted by atomic mass is 9.84. The number of rotatable bonds is 5. The SMILES string of the molecule is Cc1cc(C(C)(C)C)cc(C)c1COC(=O)c1ccccc1C(=O)c1ccccc1. The van der Waals surface area contributed by atoms with Gasteiger partial charge in [-0.1, -0.05) is 81.4 Å². The van der Waals surface area contributed by atoms with Gasteiger partial charge in [0.1, 0.15) is 6.61 Å². The highest BCUT2D eigenvalue weighted by Crippen LogP contribution is 2.27. The predicted molar refractivity (Wildman–Crippen MR) is 120 cm³/mol. The summed E-state index contributed by atoms with van der Waals surface area (Å²) in [6, 6.07) is 20.1. The Hall–Kier alpha value is -3.20. The number of hydrogen-bond donors (Lipinski definition) is 0. The third kappa shape index (κ3) is 4.68. The predicted octanol–water partition coefficient (Wildman–Crippen LogP) is 6.19. The molecule has 0 spiro atoms. The first-order valence-corrected chi connectivity index (χ1v) is 10.1. The van der Waals surface area contributed by atoms with E-state index in [9.17, 15) is 9.59 Å². The lowest BCUT2D eigenvalue weighted by molar-refractivity contribution is 0.0469. The second-order valence-corrected chi connectivity index (χ2v) is 8.66. The summed E-state index contributed by atoms with van der Waals surface area (Å²) >= 11 is 0. The van der Waals surface area contributed by atoms with Crippen LogP contribution in [0.1, 0.15) is 69.3 Å². The molecule has 30 heavy (non-hydrogen) atoms. The molecular formula is C27H28O3. The van der Waals surface area contributed by atoms with Gasteiger partial charge in [0.25, 0.3) is 0 Å². The van der Waals surface area contributed by atoms with Crippen LogP contribution in [0.5, 0.6) is 0 Å². The van der Waals surface area contributed by atoms with E-state index in [0.29, 0.717) is 11.1 Å². The monoisotopic (exact) mass is 400 g/mol. The number of carbonyl (C=O) groups is 2. The standard InChI is InChI=1S/C27H28O3/c1-18-15-21(27(3,4)5)16-19(2)24(18)17-30-26(29)23-14-10-9-13-22(23)25(28)20-11-7-6-8-12-20/h6-16H,17H2,1-5H3. The number of aryl methyl sites for hydroxylation is 2. The molecule has 0 radical (unpaired) electrons. The van der Waals surface area contributed by atoms with Crippen LogP contribution in [0, 0.1) is 13.8 Å². The van der Waals surface area contributed by atoms with Crippen molar-refractivity contribution >= 4 is 11.8 Å². The summed E-state index contributed by atoms with van der Waals surface area (Å²) in [5, 5.41) is 0. The van der Waals surface area contributed by atoms with Crippen molar-refractivity contribution < 1.29 is 14.3 Å². The molecule has 3 nitrogen and oxygen atoms in total. The van der Waals surface area contributed by atoms with E-state index in [1.807, 2.05) is 19.9 Å². The molecule has 0 N–H and O–H groups in total. The van der Waals surface area contributed by atoms with Gasteiger partial charge in [-0.05, 0) is 47.6 Å². The molecule has 3 aromatic rings. The van der Waals surface area contributed by atoms with E-state index in [2.05, 4.69) is 32.9 Å². The quantitative estimate of drug-likeness (QED) is 0.379. The number of hydrogen-bond acceptors (Lipinski definition) is 3. The van der Waals surface area contributed by atoms with Crippen LogP contribution >= 0.6 is 0 Å². The molecule has 3 rings (SSSR count). The Balaban J connectivity index is 1.82. The first-order valence-electron chi connectivity index (χ1n) is 10.1. The maximum absolute atomic E-state index is 12.9. The van der Waals surface area contributed by atoms with Crippen molar-refractivity contribution in [3.63, 3.8) is 0 Å². The average Bonchev–Trinajstić information content (AvgIpc) is 2.72. The zero-order valence-electron chi connectivity index (χ0n) is 18.3. The molecule has 0 aliphatic rings. The normalized spacial score (nSPS) is 11.2. The van der Waals surface area contributed by atoms with Gasteiger partial charge in [0.2, 0.25) is 0 Å². The average molecular weight is 401 g/mol. The number of benzene rings is 3. The van der Waals surface area contributed by atoms with Crippen LogP contribution in [0.15, 0.2) is 66.7 Å². The van der Waals surface area contributed by atoms with E-state index in [1.165, 1.54) is 5.56 Å². The first-order chi connectivity index (χ1) is 14.2. The Kier molecular flexibility index (Phi) is 6.21. The van der Waals surface area contributed by atoms with Crippen LogP contribution in [0.25, 0.3) is 0 Å². The fourth-order valence-electron chi connectivity index (χ4n) is 3.47. The third-order valence-electron chi connectivity index (χ3n) is 5.34. The summed E-state index contributed by atoms with van der Waals surface area (Å²) in [5.41, 5.74) is 5.69. The minimum atomic E-state index is -0.492. The molecule has 3 heteroatoms. The highest BCUT2D eigenvalue weighted by Gasteiger charge is 2.20. The van der Waals surface area contributed by atoms with Gasteiger partial charge >= 0.3 is 5.97 Å². The van der Waals surface area contributed by atoms with Crippen LogP contribution in [0.3, 0.4) is 0 Å². The van der Waals surface area contributed by atoms with Crippen molar-refractivity contribution in [2.24, 2.45) is 0 Å². The Morgan fingerprint density at radius 3 is 1.90 bits per heavy atom. The van der Waals surface area contributed by atoms with Crippen LogP contribution < -0.4 is 0 Å². The van der Waals surface area contributed by atoms with Crippen LogP contribution in [0.4, 0.5) is 0 Å². The summed E-state index contributed by atoms with van der Waals surface area (Å²) in [6.07, 6.45) is 0. The largest absolute Gasteiger partial charge is 0.457 e. The van der Waals surface area contributed by atoms with Crippen molar-refractivity contribution in [2.45, 2.75) is 46.6 Å². The van der Waals surface area contributed by atoms with Gasteiger partial charge in [0.05, 0.1) is 5.56 Å². The lowest BCUT2D eigenvalue weighted by Crippen LogP contribution is -2.15. The molecule has 3 aromatic carbocycles. The molecule has 0 unspecified atom stereocenters. The molecule has 0 aliphatic heterocycles. The highest BCUT2D eigenvalue weighted by molar-refractivity contribution is 6.14. The van der Waals surface area contributed by atoms with E-state index in [1.54, 1.807) is 48.5 Å². The minimum Gasteiger partial charge on any atom is -0.457 e. The van der Waals surface area contributed by atoms with Crippen molar-refractivity contribution in [2.75, 3.05) is 0 Å². The number of ether oxygens (including phenoxy) is 1. The molecule has 154 valence electrons.